The van der Waals surface area contributed by atoms with Gasteiger partial charge in [-0.2, -0.15) is 0 Å². The molecule has 0 aliphatic carbocycles. The average molecular weight is 295 g/mol. The number of carbonyl (C=O) groups is 2. The molecule has 0 spiro atoms. The van der Waals surface area contributed by atoms with E-state index in [0.717, 1.165) is 4.47 Å². The fourth-order valence-corrected chi connectivity index (χ4v) is 2.08. The van der Waals surface area contributed by atoms with Gasteiger partial charge in [0.25, 0.3) is 11.7 Å². The first-order valence-electron chi connectivity index (χ1n) is 5.07. The van der Waals surface area contributed by atoms with Crippen LogP contribution in [-0.4, -0.2) is 24.8 Å². The van der Waals surface area contributed by atoms with Gasteiger partial charge in [-0.1, -0.05) is 22.5 Å². The van der Waals surface area contributed by atoms with Crippen molar-refractivity contribution in [3.63, 3.8) is 0 Å². The van der Waals surface area contributed by atoms with E-state index in [1.54, 1.807) is 18.2 Å². The number of carbonyl (C=O) groups excluding carboxylic acids is 2. The molecule has 1 aromatic rings. The van der Waals surface area contributed by atoms with Crippen LogP contribution in [0.25, 0.3) is 0 Å². The Bertz CT molecular complexity index is 525. The summed E-state index contributed by atoms with van der Waals surface area (Å²) in [5.41, 5.74) is 7.20. The van der Waals surface area contributed by atoms with Gasteiger partial charge in [-0.15, -0.1) is 0 Å². The quantitative estimate of drug-likeness (QED) is 0.679. The van der Waals surface area contributed by atoms with Crippen LogP contribution in [0.4, 0.5) is 5.69 Å². The number of nitrogens with zero attached hydrogens (tertiary/aromatic N) is 1. The van der Waals surface area contributed by atoms with E-state index in [0.29, 0.717) is 23.4 Å². The van der Waals surface area contributed by atoms with E-state index in [1.165, 1.54) is 4.90 Å². The maximum atomic E-state index is 11.8. The molecule has 0 unspecified atom stereocenters. The van der Waals surface area contributed by atoms with E-state index in [9.17, 15) is 9.59 Å². The first kappa shape index (κ1) is 12.0. The van der Waals surface area contributed by atoms with Crippen molar-refractivity contribution < 1.29 is 9.59 Å². The summed E-state index contributed by atoms with van der Waals surface area (Å²) < 4.78 is 0.775. The monoisotopic (exact) mass is 294 g/mol. The van der Waals surface area contributed by atoms with Gasteiger partial charge in [0.05, 0.1) is 11.3 Å². The number of benzene rings is 1. The van der Waals surface area contributed by atoms with Crippen molar-refractivity contribution in [3.8, 4) is 0 Å². The molecular formula is C12H11BrN2O2. The minimum Gasteiger partial charge on any atom is -0.327 e. The first-order chi connectivity index (χ1) is 8.04. The van der Waals surface area contributed by atoms with Crippen LogP contribution in [0.2, 0.25) is 0 Å². The number of ketones is 1. The molecule has 17 heavy (non-hydrogen) atoms. The molecule has 0 bridgehead atoms. The Morgan fingerprint density at radius 2 is 2.12 bits per heavy atom. The normalized spacial score (nSPS) is 14.1. The highest BCUT2D eigenvalue weighted by Crippen LogP contribution is 2.31. The molecule has 1 heterocycles. The number of nitrogens with two attached hydrogens (primary N) is 1. The van der Waals surface area contributed by atoms with Crippen molar-refractivity contribution in [2.24, 2.45) is 5.73 Å². The van der Waals surface area contributed by atoms with Gasteiger partial charge in [0, 0.05) is 17.6 Å². The molecule has 0 aromatic heterocycles. The molecule has 1 aliphatic heterocycles. The van der Waals surface area contributed by atoms with Crippen LogP contribution in [0.15, 0.2) is 34.8 Å². The van der Waals surface area contributed by atoms with Gasteiger partial charge in [0.2, 0.25) is 0 Å². The second-order valence-electron chi connectivity index (χ2n) is 3.84. The summed E-state index contributed by atoms with van der Waals surface area (Å²) in [4.78, 5) is 25.0. The van der Waals surface area contributed by atoms with Crippen LogP contribution in [0.1, 0.15) is 10.4 Å². The van der Waals surface area contributed by atoms with Gasteiger partial charge in [-0.05, 0) is 23.8 Å². The third-order valence-corrected chi connectivity index (χ3v) is 3.10. The minimum atomic E-state index is -0.521. The molecule has 0 saturated carbocycles. The number of fused-ring (bicyclic) bond motifs is 1. The van der Waals surface area contributed by atoms with E-state index < -0.39 is 11.7 Å². The SMILES string of the molecule is C=C(CN)CN1C(=O)C(=O)c2cc(Br)ccc21. The second-order valence-corrected chi connectivity index (χ2v) is 4.75. The van der Waals surface area contributed by atoms with E-state index in [-0.39, 0.29) is 6.54 Å². The van der Waals surface area contributed by atoms with Crippen molar-refractivity contribution >= 4 is 33.3 Å². The average Bonchev–Trinajstić information content (AvgIpc) is 2.54. The number of halogens is 1. The number of Topliss-reactive ketones (excluding diaryl/α,β-unsaturated/α-hetero) is 1. The zero-order valence-corrected chi connectivity index (χ0v) is 10.7. The lowest BCUT2D eigenvalue weighted by Crippen LogP contribution is -2.32. The highest BCUT2D eigenvalue weighted by atomic mass is 79.9. The topological polar surface area (TPSA) is 63.4 Å². The third kappa shape index (κ3) is 2.03. The first-order valence-corrected chi connectivity index (χ1v) is 5.86. The maximum Gasteiger partial charge on any atom is 0.299 e. The van der Waals surface area contributed by atoms with Gasteiger partial charge in [-0.25, -0.2) is 0 Å². The number of hydrogen-bond donors (Lipinski definition) is 1. The van der Waals surface area contributed by atoms with Gasteiger partial charge in [0.1, 0.15) is 0 Å². The van der Waals surface area contributed by atoms with Gasteiger partial charge < -0.3 is 10.6 Å². The highest BCUT2D eigenvalue weighted by Gasteiger charge is 2.35. The van der Waals surface area contributed by atoms with Crippen LogP contribution >= 0.6 is 15.9 Å². The smallest absolute Gasteiger partial charge is 0.299 e. The van der Waals surface area contributed by atoms with Crippen LogP contribution in [0.3, 0.4) is 0 Å². The minimum absolute atomic E-state index is 0.287. The molecule has 1 aromatic carbocycles. The molecule has 2 rings (SSSR count). The molecule has 2 N–H and O–H groups in total. The van der Waals surface area contributed by atoms with E-state index in [1.807, 2.05) is 0 Å². The summed E-state index contributed by atoms with van der Waals surface area (Å²) >= 11 is 3.28. The molecule has 4 nitrogen and oxygen atoms in total. The summed E-state index contributed by atoms with van der Waals surface area (Å²) in [6.45, 7) is 4.33. The number of amides is 1. The third-order valence-electron chi connectivity index (χ3n) is 2.60. The summed E-state index contributed by atoms with van der Waals surface area (Å²) in [6.07, 6.45) is 0. The van der Waals surface area contributed by atoms with Crippen LogP contribution < -0.4 is 10.6 Å². The Morgan fingerprint density at radius 3 is 2.76 bits per heavy atom. The maximum absolute atomic E-state index is 11.8. The summed E-state index contributed by atoms with van der Waals surface area (Å²) in [7, 11) is 0. The van der Waals surface area contributed by atoms with Crippen molar-refractivity contribution in [2.75, 3.05) is 18.0 Å². The van der Waals surface area contributed by atoms with Crippen LogP contribution in [-0.2, 0) is 4.79 Å². The largest absolute Gasteiger partial charge is 0.327 e. The fraction of sp³-hybridized carbons (Fsp3) is 0.167. The van der Waals surface area contributed by atoms with E-state index >= 15 is 0 Å². The number of hydrogen-bond acceptors (Lipinski definition) is 3. The fourth-order valence-electron chi connectivity index (χ4n) is 1.72. The molecule has 1 aliphatic rings. The Morgan fingerprint density at radius 1 is 1.41 bits per heavy atom. The molecule has 5 heteroatoms. The molecule has 1 amide bonds. The standard InChI is InChI=1S/C12H11BrN2O2/c1-7(5-14)6-15-10-3-2-8(13)4-9(10)11(16)12(15)17/h2-4H,1,5-6,14H2. The van der Waals surface area contributed by atoms with Gasteiger partial charge in [-0.3, -0.25) is 9.59 Å². The van der Waals surface area contributed by atoms with Crippen molar-refractivity contribution in [1.82, 2.24) is 0 Å². The second kappa shape index (κ2) is 4.43. The zero-order chi connectivity index (χ0) is 12.6. The van der Waals surface area contributed by atoms with Crippen LogP contribution in [0.5, 0.6) is 0 Å². The zero-order valence-electron chi connectivity index (χ0n) is 9.07. The highest BCUT2D eigenvalue weighted by molar-refractivity contribution is 9.10. The summed E-state index contributed by atoms with van der Waals surface area (Å²) in [5.74, 6) is -1.00. The lowest BCUT2D eigenvalue weighted by atomic mass is 10.1. The Balaban J connectivity index is 2.41. The molecule has 88 valence electrons. The molecule has 0 atom stereocenters. The van der Waals surface area contributed by atoms with Crippen molar-refractivity contribution in [1.29, 1.82) is 0 Å². The lowest BCUT2D eigenvalue weighted by molar-refractivity contribution is -0.114. The van der Waals surface area contributed by atoms with E-state index in [4.69, 9.17) is 5.73 Å². The van der Waals surface area contributed by atoms with Crippen LogP contribution in [0, 0.1) is 0 Å². The Kier molecular flexibility index (Phi) is 3.13. The summed E-state index contributed by atoms with van der Waals surface area (Å²) in [6, 6.07) is 5.19. The predicted octanol–water partition coefficient (Wildman–Crippen LogP) is 1.49. The van der Waals surface area contributed by atoms with Crippen molar-refractivity contribution in [2.45, 2.75) is 0 Å². The summed E-state index contributed by atoms with van der Waals surface area (Å²) in [5, 5.41) is 0. The molecule has 0 fully saturated rings. The van der Waals surface area contributed by atoms with Crippen molar-refractivity contribution in [3.05, 3.63) is 40.4 Å². The van der Waals surface area contributed by atoms with E-state index in [2.05, 4.69) is 22.5 Å². The van der Waals surface area contributed by atoms with Gasteiger partial charge >= 0.3 is 0 Å². The molecule has 0 saturated heterocycles. The Labute approximate surface area is 107 Å². The Hall–Kier alpha value is -1.46. The number of anilines is 1. The van der Waals surface area contributed by atoms with Gasteiger partial charge in [0.15, 0.2) is 0 Å². The molecule has 0 radical (unpaired) electrons. The predicted molar refractivity (Wildman–Crippen MR) is 69.0 cm³/mol. The number of rotatable bonds is 3. The molecular weight excluding hydrogens is 284 g/mol. The lowest BCUT2D eigenvalue weighted by Gasteiger charge is -2.17.